The van der Waals surface area contributed by atoms with Crippen LogP contribution in [0.3, 0.4) is 0 Å². The van der Waals surface area contributed by atoms with E-state index in [9.17, 15) is 9.36 Å². The number of carbonyl (C=O) groups excluding carboxylic acids is 1. The Hall–Kier alpha value is -1.16. The van der Waals surface area contributed by atoms with Crippen molar-refractivity contribution in [2.45, 2.75) is 19.8 Å². The summed E-state index contributed by atoms with van der Waals surface area (Å²) in [6.45, 7) is 3.25. The summed E-state index contributed by atoms with van der Waals surface area (Å²) in [5, 5.41) is 0. The van der Waals surface area contributed by atoms with E-state index in [0.29, 0.717) is 32.3 Å². The van der Waals surface area contributed by atoms with Gasteiger partial charge in [0, 0.05) is 12.7 Å². The van der Waals surface area contributed by atoms with Crippen LogP contribution in [0, 0.1) is 0 Å². The molecule has 1 fully saturated rings. The van der Waals surface area contributed by atoms with Crippen molar-refractivity contribution >= 4 is 13.5 Å². The Morgan fingerprint density at radius 3 is 2.86 bits per heavy atom. The van der Waals surface area contributed by atoms with Gasteiger partial charge in [-0.15, -0.1) is 0 Å². The molecule has 1 aromatic carbocycles. The number of aryl methyl sites for hydroxylation is 1. The Balaban J connectivity index is 1.98. The molecule has 0 N–H and O–H groups in total. The van der Waals surface area contributed by atoms with Gasteiger partial charge in [-0.1, -0.05) is 30.3 Å². The van der Waals surface area contributed by atoms with Crippen LogP contribution in [0.4, 0.5) is 0 Å². The third-order valence-electron chi connectivity index (χ3n) is 3.43. The van der Waals surface area contributed by atoms with Gasteiger partial charge >= 0.3 is 5.97 Å². The number of nitrogens with zero attached hydrogens (tertiary/aromatic N) is 1. The normalized spacial score (nSPS) is 22.9. The zero-order chi connectivity index (χ0) is 15.1. The smallest absolute Gasteiger partial charge is 0.320 e. The third kappa shape index (κ3) is 4.67. The quantitative estimate of drug-likeness (QED) is 0.597. The van der Waals surface area contributed by atoms with E-state index in [1.807, 2.05) is 30.3 Å². The predicted molar refractivity (Wildman–Crippen MR) is 81.4 cm³/mol. The average Bonchev–Trinajstić information content (AvgIpc) is 2.49. The van der Waals surface area contributed by atoms with E-state index in [4.69, 9.17) is 9.26 Å². The van der Waals surface area contributed by atoms with Crippen LogP contribution in [0.1, 0.15) is 18.9 Å². The molecule has 1 saturated heterocycles. The first-order chi connectivity index (χ1) is 10.1. The van der Waals surface area contributed by atoms with Crippen molar-refractivity contribution in [2.75, 3.05) is 32.5 Å². The molecule has 1 aliphatic heterocycles. The molecular formula is C15H22NO4P. The molecule has 1 heterocycles. The van der Waals surface area contributed by atoms with Gasteiger partial charge in [-0.25, -0.2) is 4.67 Å². The zero-order valence-corrected chi connectivity index (χ0v) is 13.3. The van der Waals surface area contributed by atoms with Crippen LogP contribution < -0.4 is 0 Å². The second kappa shape index (κ2) is 7.74. The van der Waals surface area contributed by atoms with Crippen LogP contribution in [0.5, 0.6) is 0 Å². The SMILES string of the molecule is CCOC(=O)CN1CCCOP1(=O)CCc1ccccc1. The van der Waals surface area contributed by atoms with Crippen molar-refractivity contribution in [1.29, 1.82) is 0 Å². The molecule has 0 radical (unpaired) electrons. The highest BCUT2D eigenvalue weighted by molar-refractivity contribution is 7.56. The molecule has 1 unspecified atom stereocenters. The maximum absolute atomic E-state index is 13.0. The number of hydrogen-bond acceptors (Lipinski definition) is 4. The number of rotatable bonds is 6. The van der Waals surface area contributed by atoms with Gasteiger partial charge in [-0.3, -0.25) is 9.36 Å². The van der Waals surface area contributed by atoms with E-state index in [-0.39, 0.29) is 12.5 Å². The minimum Gasteiger partial charge on any atom is -0.465 e. The summed E-state index contributed by atoms with van der Waals surface area (Å²) in [4.78, 5) is 11.6. The maximum atomic E-state index is 13.0. The Morgan fingerprint density at radius 2 is 2.14 bits per heavy atom. The van der Waals surface area contributed by atoms with Gasteiger partial charge in [-0.2, -0.15) is 0 Å². The first-order valence-corrected chi connectivity index (χ1v) is 9.09. The lowest BCUT2D eigenvalue weighted by Gasteiger charge is -2.34. The summed E-state index contributed by atoms with van der Waals surface area (Å²) in [6, 6.07) is 9.89. The first-order valence-electron chi connectivity index (χ1n) is 7.32. The van der Waals surface area contributed by atoms with Crippen molar-refractivity contribution in [1.82, 2.24) is 4.67 Å². The molecule has 116 valence electrons. The summed E-state index contributed by atoms with van der Waals surface area (Å²) in [5.41, 5.74) is 1.12. The molecule has 1 aliphatic rings. The maximum Gasteiger partial charge on any atom is 0.320 e. The highest BCUT2D eigenvalue weighted by Crippen LogP contribution is 2.53. The standard InChI is InChI=1S/C15H22NO4P/c1-2-19-15(17)13-16-10-6-11-20-21(16,18)12-9-14-7-4-3-5-8-14/h3-5,7-8H,2,6,9-13H2,1H3. The molecule has 0 spiro atoms. The van der Waals surface area contributed by atoms with Gasteiger partial charge in [0.05, 0.1) is 13.2 Å². The van der Waals surface area contributed by atoms with Gasteiger partial charge in [-0.05, 0) is 25.3 Å². The lowest BCUT2D eigenvalue weighted by molar-refractivity contribution is -0.143. The zero-order valence-electron chi connectivity index (χ0n) is 12.4. The lowest BCUT2D eigenvalue weighted by atomic mass is 10.2. The molecule has 0 bridgehead atoms. The van der Waals surface area contributed by atoms with Crippen LogP contribution in [-0.4, -0.2) is 43.1 Å². The molecular weight excluding hydrogens is 289 g/mol. The molecule has 0 aromatic heterocycles. The summed E-state index contributed by atoms with van der Waals surface area (Å²) >= 11 is 0. The first kappa shape index (κ1) is 16.2. The van der Waals surface area contributed by atoms with E-state index in [0.717, 1.165) is 12.0 Å². The summed E-state index contributed by atoms with van der Waals surface area (Å²) in [7, 11) is -2.93. The number of esters is 1. The molecule has 2 rings (SSSR count). The molecule has 5 nitrogen and oxygen atoms in total. The van der Waals surface area contributed by atoms with Crippen molar-refractivity contribution < 1.29 is 18.6 Å². The van der Waals surface area contributed by atoms with E-state index < -0.39 is 7.52 Å². The van der Waals surface area contributed by atoms with Gasteiger partial charge in [0.25, 0.3) is 7.52 Å². The topological polar surface area (TPSA) is 55.8 Å². The van der Waals surface area contributed by atoms with Crippen LogP contribution >= 0.6 is 7.52 Å². The molecule has 0 amide bonds. The van der Waals surface area contributed by atoms with Gasteiger partial charge in [0.1, 0.15) is 6.54 Å². The average molecular weight is 311 g/mol. The van der Waals surface area contributed by atoms with Gasteiger partial charge < -0.3 is 9.26 Å². The van der Waals surface area contributed by atoms with Crippen molar-refractivity contribution in [3.63, 3.8) is 0 Å². The number of ether oxygens (including phenoxy) is 1. The fourth-order valence-corrected chi connectivity index (χ4v) is 4.66. The molecule has 1 aromatic rings. The lowest BCUT2D eigenvalue weighted by Crippen LogP contribution is -2.35. The predicted octanol–water partition coefficient (Wildman–Crippen LogP) is 2.71. The molecule has 0 saturated carbocycles. The Labute approximate surface area is 125 Å². The number of benzene rings is 1. The minimum atomic E-state index is -2.93. The molecule has 21 heavy (non-hydrogen) atoms. The van der Waals surface area contributed by atoms with Crippen molar-refractivity contribution in [3.8, 4) is 0 Å². The second-order valence-corrected chi connectivity index (χ2v) is 7.52. The van der Waals surface area contributed by atoms with Crippen molar-refractivity contribution in [3.05, 3.63) is 35.9 Å². The van der Waals surface area contributed by atoms with E-state index >= 15 is 0 Å². The highest BCUT2D eigenvalue weighted by Gasteiger charge is 2.35. The fourth-order valence-electron chi connectivity index (χ4n) is 2.35. The van der Waals surface area contributed by atoms with Crippen LogP contribution in [0.2, 0.25) is 0 Å². The van der Waals surface area contributed by atoms with Crippen LogP contribution in [0.25, 0.3) is 0 Å². The molecule has 0 aliphatic carbocycles. The summed E-state index contributed by atoms with van der Waals surface area (Å²) in [5.74, 6) is -0.345. The second-order valence-electron chi connectivity index (χ2n) is 4.98. The fraction of sp³-hybridized carbons (Fsp3) is 0.533. The van der Waals surface area contributed by atoms with Crippen molar-refractivity contribution in [2.24, 2.45) is 0 Å². The van der Waals surface area contributed by atoms with E-state index in [2.05, 4.69) is 0 Å². The Bertz CT molecular complexity index is 506. The highest BCUT2D eigenvalue weighted by atomic mass is 31.2. The largest absolute Gasteiger partial charge is 0.465 e. The monoisotopic (exact) mass is 311 g/mol. The van der Waals surface area contributed by atoms with E-state index in [1.165, 1.54) is 0 Å². The molecule has 1 atom stereocenters. The summed E-state index contributed by atoms with van der Waals surface area (Å²) in [6.07, 6.45) is 1.89. The van der Waals surface area contributed by atoms with Gasteiger partial charge in [0.2, 0.25) is 0 Å². The third-order valence-corrected chi connectivity index (χ3v) is 6.01. The number of carbonyl (C=O) groups is 1. The van der Waals surface area contributed by atoms with Crippen LogP contribution in [0.15, 0.2) is 30.3 Å². The Kier molecular flexibility index (Phi) is 5.97. The van der Waals surface area contributed by atoms with Gasteiger partial charge in [0.15, 0.2) is 0 Å². The molecule has 6 heteroatoms. The number of hydrogen-bond donors (Lipinski definition) is 0. The minimum absolute atomic E-state index is 0.0416. The van der Waals surface area contributed by atoms with E-state index in [1.54, 1.807) is 11.6 Å². The Morgan fingerprint density at radius 1 is 1.38 bits per heavy atom. The van der Waals surface area contributed by atoms with Crippen LogP contribution in [-0.2, 0) is 25.0 Å². The summed E-state index contributed by atoms with van der Waals surface area (Å²) < 4.78 is 25.1.